The van der Waals surface area contributed by atoms with Crippen molar-refractivity contribution in [3.63, 3.8) is 0 Å². The van der Waals surface area contributed by atoms with Gasteiger partial charge < -0.3 is 14.4 Å². The number of nitrogens with zero attached hydrogens (tertiary/aromatic N) is 1. The summed E-state index contributed by atoms with van der Waals surface area (Å²) < 4.78 is 11.6. The topological polar surface area (TPSA) is 38.8 Å². The number of hydrogen-bond acceptors (Lipinski definition) is 3. The van der Waals surface area contributed by atoms with Crippen LogP contribution in [-0.2, 0) is 14.3 Å². The lowest BCUT2D eigenvalue weighted by Crippen LogP contribution is -2.54. The molecule has 2 fully saturated rings. The minimum Gasteiger partial charge on any atom is -0.376 e. The third kappa shape index (κ3) is 2.77. The van der Waals surface area contributed by atoms with Crippen LogP contribution < -0.4 is 0 Å². The molecule has 3 rings (SSSR count). The van der Waals surface area contributed by atoms with E-state index < -0.39 is 0 Å². The molecule has 0 bridgehead atoms. The van der Waals surface area contributed by atoms with Crippen molar-refractivity contribution < 1.29 is 14.3 Å². The van der Waals surface area contributed by atoms with Crippen molar-refractivity contribution in [1.29, 1.82) is 0 Å². The number of fused-ring (bicyclic) bond motifs is 1. The van der Waals surface area contributed by atoms with Crippen LogP contribution in [0.15, 0.2) is 12.2 Å². The second kappa shape index (κ2) is 6.27. The third-order valence-corrected chi connectivity index (χ3v) is 4.79. The highest BCUT2D eigenvalue weighted by Gasteiger charge is 2.44. The molecule has 0 aromatic heterocycles. The minimum absolute atomic E-state index is 0.0896. The van der Waals surface area contributed by atoms with E-state index in [1.54, 1.807) is 0 Å². The third-order valence-electron chi connectivity index (χ3n) is 4.79. The maximum Gasteiger partial charge on any atom is 0.223 e. The molecule has 1 heterocycles. The second-order valence-electron chi connectivity index (χ2n) is 6.03. The van der Waals surface area contributed by atoms with E-state index in [0.29, 0.717) is 24.9 Å². The number of hydrogen-bond donors (Lipinski definition) is 0. The molecule has 1 aliphatic heterocycles. The van der Waals surface area contributed by atoms with Gasteiger partial charge in [-0.3, -0.25) is 4.79 Å². The highest BCUT2D eigenvalue weighted by atomic mass is 16.5. The van der Waals surface area contributed by atoms with Gasteiger partial charge in [0.2, 0.25) is 5.91 Å². The molecule has 0 aromatic carbocycles. The van der Waals surface area contributed by atoms with Crippen LogP contribution in [0.5, 0.6) is 0 Å². The number of amides is 1. The molecule has 0 N–H and O–H groups in total. The summed E-state index contributed by atoms with van der Waals surface area (Å²) in [5.41, 5.74) is 0. The first-order valence-electron chi connectivity index (χ1n) is 7.99. The molecule has 4 heteroatoms. The number of ether oxygens (including phenoxy) is 2. The fourth-order valence-electron chi connectivity index (χ4n) is 3.82. The first kappa shape index (κ1) is 14.1. The van der Waals surface area contributed by atoms with Gasteiger partial charge in [-0.2, -0.15) is 0 Å². The van der Waals surface area contributed by atoms with E-state index in [0.717, 1.165) is 38.8 Å². The minimum atomic E-state index is 0.0896. The molecular formula is C16H25NO3. The van der Waals surface area contributed by atoms with Crippen molar-refractivity contribution in [1.82, 2.24) is 4.90 Å². The van der Waals surface area contributed by atoms with E-state index in [1.807, 2.05) is 6.92 Å². The molecule has 0 radical (unpaired) electrons. The summed E-state index contributed by atoms with van der Waals surface area (Å²) in [5, 5.41) is 0. The standard InChI is InChI=1S/C16H25NO3/c1-2-19-14-8-7-13-16(14)20-10-9-17(13)15(18)11-12-5-3-4-6-12/h3,5,12-14,16H,2,4,6-11H2,1H3/t12-,13+,14+,16+/m1/s1. The smallest absolute Gasteiger partial charge is 0.223 e. The Morgan fingerprint density at radius 1 is 1.40 bits per heavy atom. The molecular weight excluding hydrogens is 254 g/mol. The van der Waals surface area contributed by atoms with Gasteiger partial charge in [-0.15, -0.1) is 0 Å². The maximum absolute atomic E-state index is 12.6. The number of carbonyl (C=O) groups excluding carboxylic acids is 1. The van der Waals surface area contributed by atoms with Crippen LogP contribution in [0.2, 0.25) is 0 Å². The van der Waals surface area contributed by atoms with Crippen LogP contribution in [0.4, 0.5) is 0 Å². The molecule has 0 unspecified atom stereocenters. The van der Waals surface area contributed by atoms with Crippen molar-refractivity contribution in [3.8, 4) is 0 Å². The summed E-state index contributed by atoms with van der Waals surface area (Å²) in [6.07, 6.45) is 9.61. The summed E-state index contributed by atoms with van der Waals surface area (Å²) in [6, 6.07) is 0.234. The molecule has 0 aromatic rings. The lowest BCUT2D eigenvalue weighted by molar-refractivity contribution is -0.151. The van der Waals surface area contributed by atoms with Crippen molar-refractivity contribution in [2.24, 2.45) is 5.92 Å². The lowest BCUT2D eigenvalue weighted by atomic mass is 10.0. The van der Waals surface area contributed by atoms with Crippen molar-refractivity contribution in [2.75, 3.05) is 19.8 Å². The molecule has 4 atom stereocenters. The Morgan fingerprint density at radius 3 is 3.05 bits per heavy atom. The van der Waals surface area contributed by atoms with Crippen molar-refractivity contribution in [2.45, 2.75) is 57.3 Å². The fourth-order valence-corrected chi connectivity index (χ4v) is 3.82. The van der Waals surface area contributed by atoms with Crippen molar-refractivity contribution >= 4 is 5.91 Å². The zero-order valence-corrected chi connectivity index (χ0v) is 12.3. The molecule has 1 saturated carbocycles. The molecule has 3 aliphatic rings. The van der Waals surface area contributed by atoms with E-state index >= 15 is 0 Å². The van der Waals surface area contributed by atoms with E-state index in [-0.39, 0.29) is 18.2 Å². The first-order valence-corrected chi connectivity index (χ1v) is 7.99. The second-order valence-corrected chi connectivity index (χ2v) is 6.03. The summed E-state index contributed by atoms with van der Waals surface area (Å²) in [4.78, 5) is 14.6. The van der Waals surface area contributed by atoms with Gasteiger partial charge in [0, 0.05) is 19.6 Å². The molecule has 0 spiro atoms. The summed E-state index contributed by atoms with van der Waals surface area (Å²) in [7, 11) is 0. The van der Waals surface area contributed by atoms with Crippen LogP contribution in [0, 0.1) is 5.92 Å². The highest BCUT2D eigenvalue weighted by molar-refractivity contribution is 5.77. The van der Waals surface area contributed by atoms with Crippen LogP contribution in [0.1, 0.15) is 39.0 Å². The molecule has 2 aliphatic carbocycles. The van der Waals surface area contributed by atoms with Crippen LogP contribution in [-0.4, -0.2) is 48.8 Å². The Kier molecular flexibility index (Phi) is 4.41. The Morgan fingerprint density at radius 2 is 2.30 bits per heavy atom. The van der Waals surface area contributed by atoms with Crippen LogP contribution >= 0.6 is 0 Å². The zero-order valence-electron chi connectivity index (χ0n) is 12.3. The Bertz CT molecular complexity index is 382. The maximum atomic E-state index is 12.6. The number of rotatable bonds is 4. The lowest BCUT2D eigenvalue weighted by Gasteiger charge is -2.39. The van der Waals surface area contributed by atoms with Gasteiger partial charge in [-0.05, 0) is 38.5 Å². The quantitative estimate of drug-likeness (QED) is 0.740. The SMILES string of the molecule is CCO[C@H]1CC[C@H]2[C@@H]1OCCN2C(=O)C[C@@H]1C=CCC1. The van der Waals surface area contributed by atoms with E-state index in [1.165, 1.54) is 0 Å². The van der Waals surface area contributed by atoms with Gasteiger partial charge in [0.05, 0.1) is 18.8 Å². The number of morpholine rings is 1. The molecule has 1 amide bonds. The average molecular weight is 279 g/mol. The van der Waals surface area contributed by atoms with Gasteiger partial charge in [0.1, 0.15) is 6.10 Å². The average Bonchev–Trinajstić information content (AvgIpc) is 3.09. The summed E-state index contributed by atoms with van der Waals surface area (Å²) in [5.74, 6) is 0.755. The predicted octanol–water partition coefficient (Wildman–Crippen LogP) is 2.14. The van der Waals surface area contributed by atoms with Gasteiger partial charge >= 0.3 is 0 Å². The van der Waals surface area contributed by atoms with Gasteiger partial charge in [0.25, 0.3) is 0 Å². The molecule has 20 heavy (non-hydrogen) atoms. The van der Waals surface area contributed by atoms with Gasteiger partial charge in [-0.25, -0.2) is 0 Å². The van der Waals surface area contributed by atoms with Crippen LogP contribution in [0.25, 0.3) is 0 Å². The van der Waals surface area contributed by atoms with Crippen LogP contribution in [0.3, 0.4) is 0 Å². The molecule has 112 valence electrons. The number of carbonyl (C=O) groups is 1. The Balaban J connectivity index is 1.61. The molecule has 1 saturated heterocycles. The Labute approximate surface area is 121 Å². The summed E-state index contributed by atoms with van der Waals surface area (Å²) >= 11 is 0. The van der Waals surface area contributed by atoms with Gasteiger partial charge in [0.15, 0.2) is 0 Å². The van der Waals surface area contributed by atoms with E-state index in [2.05, 4.69) is 17.1 Å². The molecule has 4 nitrogen and oxygen atoms in total. The predicted molar refractivity (Wildman–Crippen MR) is 76.4 cm³/mol. The zero-order chi connectivity index (χ0) is 13.9. The monoisotopic (exact) mass is 279 g/mol. The van der Waals surface area contributed by atoms with E-state index in [9.17, 15) is 4.79 Å². The van der Waals surface area contributed by atoms with Crippen molar-refractivity contribution in [3.05, 3.63) is 12.2 Å². The largest absolute Gasteiger partial charge is 0.376 e. The normalized spacial score (nSPS) is 36.4. The summed E-state index contributed by atoms with van der Waals surface area (Å²) in [6.45, 7) is 4.13. The highest BCUT2D eigenvalue weighted by Crippen LogP contribution is 2.33. The van der Waals surface area contributed by atoms with E-state index in [4.69, 9.17) is 9.47 Å². The number of allylic oxidation sites excluding steroid dienone is 2. The Hall–Kier alpha value is -0.870. The first-order chi connectivity index (χ1) is 9.79. The van der Waals surface area contributed by atoms with Gasteiger partial charge in [-0.1, -0.05) is 12.2 Å². The fraction of sp³-hybridized carbons (Fsp3) is 0.812.